The van der Waals surface area contributed by atoms with Crippen LogP contribution in [0.15, 0.2) is 0 Å². The van der Waals surface area contributed by atoms with Gasteiger partial charge in [-0.1, -0.05) is 6.42 Å². The van der Waals surface area contributed by atoms with E-state index in [0.717, 1.165) is 45.4 Å². The van der Waals surface area contributed by atoms with Crippen molar-refractivity contribution in [3.05, 3.63) is 0 Å². The van der Waals surface area contributed by atoms with Crippen molar-refractivity contribution in [1.82, 2.24) is 4.90 Å². The zero-order valence-electron chi connectivity index (χ0n) is 12.0. The number of ether oxygens (including phenoxy) is 1. The molecule has 0 aromatic carbocycles. The molecule has 4 heteroatoms. The van der Waals surface area contributed by atoms with Crippen molar-refractivity contribution in [2.24, 2.45) is 17.6 Å². The monoisotopic (exact) mass is 268 g/mol. The summed E-state index contributed by atoms with van der Waals surface area (Å²) in [5, 5.41) is 0. The Hall–Kier alpha value is -0.610. The molecule has 0 saturated carbocycles. The summed E-state index contributed by atoms with van der Waals surface area (Å²) >= 11 is 0. The van der Waals surface area contributed by atoms with Crippen molar-refractivity contribution >= 4 is 5.91 Å². The third kappa shape index (κ3) is 4.77. The fourth-order valence-electron chi connectivity index (χ4n) is 3.45. The number of hydrogen-bond donors (Lipinski definition) is 1. The van der Waals surface area contributed by atoms with Crippen molar-refractivity contribution in [2.75, 3.05) is 32.8 Å². The Kier molecular flexibility index (Phi) is 6.11. The Morgan fingerprint density at radius 2 is 1.89 bits per heavy atom. The molecule has 4 nitrogen and oxygen atoms in total. The van der Waals surface area contributed by atoms with Crippen LogP contribution in [0.5, 0.6) is 0 Å². The van der Waals surface area contributed by atoms with Crippen molar-refractivity contribution in [1.29, 1.82) is 0 Å². The topological polar surface area (TPSA) is 55.6 Å². The first-order chi connectivity index (χ1) is 9.27. The maximum absolute atomic E-state index is 11.6. The van der Waals surface area contributed by atoms with Crippen molar-refractivity contribution in [3.8, 4) is 0 Å². The van der Waals surface area contributed by atoms with Gasteiger partial charge in [0.05, 0.1) is 0 Å². The molecule has 0 spiro atoms. The molecule has 1 atom stereocenters. The number of amides is 1. The van der Waals surface area contributed by atoms with Gasteiger partial charge < -0.3 is 15.4 Å². The first kappa shape index (κ1) is 14.8. The van der Waals surface area contributed by atoms with Crippen molar-refractivity contribution in [2.45, 2.75) is 44.9 Å². The van der Waals surface area contributed by atoms with Gasteiger partial charge in [-0.25, -0.2) is 0 Å². The molecule has 0 aliphatic carbocycles. The van der Waals surface area contributed by atoms with Gasteiger partial charge in [-0.05, 0) is 64.1 Å². The second-order valence-corrected chi connectivity index (χ2v) is 6.00. The zero-order chi connectivity index (χ0) is 13.5. The van der Waals surface area contributed by atoms with Gasteiger partial charge in [-0.15, -0.1) is 0 Å². The Labute approximate surface area is 116 Å². The average Bonchev–Trinajstić information content (AvgIpc) is 2.45. The zero-order valence-corrected chi connectivity index (χ0v) is 12.0. The highest BCUT2D eigenvalue weighted by atomic mass is 16.5. The molecular formula is C15H28N2O2. The fraction of sp³-hybridized carbons (Fsp3) is 0.933. The molecule has 0 aromatic heterocycles. The minimum absolute atomic E-state index is 0.0636. The maximum atomic E-state index is 11.6. The van der Waals surface area contributed by atoms with Gasteiger partial charge in [0, 0.05) is 19.1 Å². The van der Waals surface area contributed by atoms with E-state index in [1.165, 1.54) is 32.4 Å². The minimum atomic E-state index is -0.106. The number of primary amides is 1. The summed E-state index contributed by atoms with van der Waals surface area (Å²) in [7, 11) is 0. The van der Waals surface area contributed by atoms with Gasteiger partial charge in [0.25, 0.3) is 0 Å². The number of nitrogens with two attached hydrogens (primary N) is 1. The number of carbonyl (C=O) groups is 1. The first-order valence-corrected chi connectivity index (χ1v) is 7.87. The lowest BCUT2D eigenvalue weighted by Crippen LogP contribution is -2.35. The van der Waals surface area contributed by atoms with Crippen LogP contribution in [0.25, 0.3) is 0 Å². The van der Waals surface area contributed by atoms with E-state index in [0.29, 0.717) is 5.92 Å². The van der Waals surface area contributed by atoms with E-state index in [-0.39, 0.29) is 11.8 Å². The molecule has 0 radical (unpaired) electrons. The number of likely N-dealkylation sites (tertiary alicyclic amines) is 1. The number of rotatable bonds is 6. The van der Waals surface area contributed by atoms with Crippen LogP contribution in [-0.4, -0.2) is 43.7 Å². The smallest absolute Gasteiger partial charge is 0.220 e. The molecule has 19 heavy (non-hydrogen) atoms. The average molecular weight is 268 g/mol. The third-order valence-electron chi connectivity index (χ3n) is 4.64. The van der Waals surface area contributed by atoms with Gasteiger partial charge in [0.15, 0.2) is 0 Å². The van der Waals surface area contributed by atoms with Crippen molar-refractivity contribution < 1.29 is 9.53 Å². The summed E-state index contributed by atoms with van der Waals surface area (Å²) in [6, 6.07) is 0. The number of piperidine rings is 1. The summed E-state index contributed by atoms with van der Waals surface area (Å²) in [5.74, 6) is 0.409. The van der Waals surface area contributed by atoms with Gasteiger partial charge in [-0.2, -0.15) is 0 Å². The highest BCUT2D eigenvalue weighted by Gasteiger charge is 2.28. The van der Waals surface area contributed by atoms with Crippen LogP contribution in [-0.2, 0) is 9.53 Å². The molecule has 0 bridgehead atoms. The molecule has 2 fully saturated rings. The molecule has 2 saturated heterocycles. The Morgan fingerprint density at radius 1 is 1.21 bits per heavy atom. The van der Waals surface area contributed by atoms with E-state index in [9.17, 15) is 4.79 Å². The van der Waals surface area contributed by atoms with Crippen LogP contribution < -0.4 is 5.73 Å². The minimum Gasteiger partial charge on any atom is -0.381 e. The Morgan fingerprint density at radius 3 is 2.53 bits per heavy atom. The second kappa shape index (κ2) is 7.85. The lowest BCUT2D eigenvalue weighted by molar-refractivity contribution is -0.125. The quantitative estimate of drug-likeness (QED) is 0.799. The molecule has 1 unspecified atom stereocenters. The van der Waals surface area contributed by atoms with E-state index >= 15 is 0 Å². The van der Waals surface area contributed by atoms with Crippen LogP contribution in [0.2, 0.25) is 0 Å². The SMILES string of the molecule is NC(=O)C(CCCN1CCCCC1)C1CCOCC1. The van der Waals surface area contributed by atoms with Crippen LogP contribution in [0.1, 0.15) is 44.9 Å². The fourth-order valence-corrected chi connectivity index (χ4v) is 3.45. The molecule has 0 aromatic rings. The van der Waals surface area contributed by atoms with Crippen LogP contribution in [0.4, 0.5) is 0 Å². The highest BCUT2D eigenvalue weighted by Crippen LogP contribution is 2.27. The summed E-state index contributed by atoms with van der Waals surface area (Å²) in [5.41, 5.74) is 5.59. The molecule has 110 valence electrons. The normalized spacial score (nSPS) is 24.2. The molecule has 2 rings (SSSR count). The second-order valence-electron chi connectivity index (χ2n) is 6.00. The van der Waals surface area contributed by atoms with Crippen LogP contribution >= 0.6 is 0 Å². The van der Waals surface area contributed by atoms with Gasteiger partial charge in [0.2, 0.25) is 5.91 Å². The van der Waals surface area contributed by atoms with E-state index in [4.69, 9.17) is 10.5 Å². The number of hydrogen-bond acceptors (Lipinski definition) is 3. The van der Waals surface area contributed by atoms with E-state index in [2.05, 4.69) is 4.90 Å². The van der Waals surface area contributed by atoms with E-state index in [1.807, 2.05) is 0 Å². The van der Waals surface area contributed by atoms with Crippen LogP contribution in [0.3, 0.4) is 0 Å². The highest BCUT2D eigenvalue weighted by molar-refractivity contribution is 5.76. The molecule has 2 aliphatic rings. The predicted molar refractivity (Wildman–Crippen MR) is 75.8 cm³/mol. The number of nitrogens with zero attached hydrogens (tertiary/aromatic N) is 1. The summed E-state index contributed by atoms with van der Waals surface area (Å²) in [6.07, 6.45) is 8.09. The van der Waals surface area contributed by atoms with Crippen molar-refractivity contribution in [3.63, 3.8) is 0 Å². The lowest BCUT2D eigenvalue weighted by atomic mass is 9.82. The first-order valence-electron chi connectivity index (χ1n) is 7.87. The molecule has 2 N–H and O–H groups in total. The lowest BCUT2D eigenvalue weighted by Gasteiger charge is -2.30. The summed E-state index contributed by atoms with van der Waals surface area (Å²) < 4.78 is 5.37. The molecular weight excluding hydrogens is 240 g/mol. The Balaban J connectivity index is 1.71. The number of carbonyl (C=O) groups excluding carboxylic acids is 1. The Bertz CT molecular complexity index is 271. The summed E-state index contributed by atoms with van der Waals surface area (Å²) in [6.45, 7) is 5.19. The van der Waals surface area contributed by atoms with Gasteiger partial charge in [0.1, 0.15) is 0 Å². The maximum Gasteiger partial charge on any atom is 0.220 e. The molecule has 1 amide bonds. The standard InChI is InChI=1S/C15H28N2O2/c16-15(18)14(13-6-11-19-12-7-13)5-4-10-17-8-2-1-3-9-17/h13-14H,1-12H2,(H2,16,18). The third-order valence-corrected chi connectivity index (χ3v) is 4.64. The molecule has 2 aliphatic heterocycles. The van der Waals surface area contributed by atoms with Crippen LogP contribution in [0, 0.1) is 11.8 Å². The summed E-state index contributed by atoms with van der Waals surface area (Å²) in [4.78, 5) is 14.2. The van der Waals surface area contributed by atoms with Gasteiger partial charge in [-0.3, -0.25) is 4.79 Å². The van der Waals surface area contributed by atoms with E-state index in [1.54, 1.807) is 0 Å². The predicted octanol–water partition coefficient (Wildman–Crippen LogP) is 1.78. The van der Waals surface area contributed by atoms with E-state index < -0.39 is 0 Å². The molecule has 2 heterocycles. The van der Waals surface area contributed by atoms with Gasteiger partial charge >= 0.3 is 0 Å². The largest absolute Gasteiger partial charge is 0.381 e.